The van der Waals surface area contributed by atoms with Crippen molar-refractivity contribution in [2.45, 2.75) is 6.61 Å². The Morgan fingerprint density at radius 2 is 1.78 bits per heavy atom. The first-order valence-corrected chi connectivity index (χ1v) is 8.42. The highest BCUT2D eigenvalue weighted by Crippen LogP contribution is 2.17. The van der Waals surface area contributed by atoms with E-state index < -0.39 is 5.91 Å². The second-order valence-corrected chi connectivity index (χ2v) is 6.10. The number of nitrogens with zero attached hydrogens (tertiary/aromatic N) is 1. The lowest BCUT2D eigenvalue weighted by molar-refractivity contribution is 0.0827. The summed E-state index contributed by atoms with van der Waals surface area (Å²) in [6.45, 7) is 0.226. The first-order chi connectivity index (χ1) is 13.0. The molecule has 1 aromatic heterocycles. The van der Waals surface area contributed by atoms with Gasteiger partial charge in [-0.2, -0.15) is 0 Å². The quantitative estimate of drug-likeness (QED) is 0.722. The van der Waals surface area contributed by atoms with E-state index in [4.69, 9.17) is 9.15 Å². The van der Waals surface area contributed by atoms with Crippen molar-refractivity contribution in [2.75, 3.05) is 19.4 Å². The highest BCUT2D eigenvalue weighted by atomic mass is 16.5. The SMILES string of the molecule is CN(C)C(=O)c1cccc(NC(=O)c2ccc(COc3ccccc3)o2)c1. The van der Waals surface area contributed by atoms with Crippen LogP contribution in [0.2, 0.25) is 0 Å². The van der Waals surface area contributed by atoms with Crippen LogP contribution in [-0.4, -0.2) is 30.8 Å². The van der Waals surface area contributed by atoms with E-state index in [2.05, 4.69) is 5.32 Å². The van der Waals surface area contributed by atoms with E-state index in [0.29, 0.717) is 17.0 Å². The number of amides is 2. The Labute approximate surface area is 157 Å². The highest BCUT2D eigenvalue weighted by molar-refractivity contribution is 6.03. The summed E-state index contributed by atoms with van der Waals surface area (Å²) in [5.74, 6) is 0.911. The molecule has 0 atom stereocenters. The summed E-state index contributed by atoms with van der Waals surface area (Å²) in [6, 6.07) is 19.4. The van der Waals surface area contributed by atoms with Gasteiger partial charge in [-0.25, -0.2) is 0 Å². The van der Waals surface area contributed by atoms with Gasteiger partial charge in [0, 0.05) is 25.3 Å². The number of hydrogen-bond donors (Lipinski definition) is 1. The molecule has 3 aromatic rings. The maximum atomic E-state index is 12.4. The van der Waals surface area contributed by atoms with Gasteiger partial charge in [0.2, 0.25) is 0 Å². The Hall–Kier alpha value is -3.54. The monoisotopic (exact) mass is 364 g/mol. The lowest BCUT2D eigenvalue weighted by atomic mass is 10.2. The van der Waals surface area contributed by atoms with Gasteiger partial charge in [-0.3, -0.25) is 9.59 Å². The minimum atomic E-state index is -0.393. The van der Waals surface area contributed by atoms with Gasteiger partial charge < -0.3 is 19.4 Å². The van der Waals surface area contributed by atoms with Crippen LogP contribution in [0.3, 0.4) is 0 Å². The first-order valence-electron chi connectivity index (χ1n) is 8.42. The molecule has 0 saturated heterocycles. The molecule has 6 heteroatoms. The first kappa shape index (κ1) is 18.3. The molecule has 0 aliphatic rings. The van der Waals surface area contributed by atoms with Crippen molar-refractivity contribution in [3.05, 3.63) is 83.8 Å². The molecule has 0 bridgehead atoms. The molecule has 1 N–H and O–H groups in total. The standard InChI is InChI=1S/C21H20N2O4/c1-23(2)21(25)15-7-6-8-16(13-15)22-20(24)19-12-11-18(27-19)14-26-17-9-4-3-5-10-17/h3-13H,14H2,1-2H3,(H,22,24). The largest absolute Gasteiger partial charge is 0.486 e. The molecule has 0 radical (unpaired) electrons. The van der Waals surface area contributed by atoms with Gasteiger partial charge >= 0.3 is 0 Å². The molecule has 0 saturated carbocycles. The number of para-hydroxylation sites is 1. The average Bonchev–Trinajstić information content (AvgIpc) is 3.16. The lowest BCUT2D eigenvalue weighted by Crippen LogP contribution is -2.21. The minimum Gasteiger partial charge on any atom is -0.486 e. The van der Waals surface area contributed by atoms with Gasteiger partial charge in [0.25, 0.3) is 11.8 Å². The molecule has 1 heterocycles. The van der Waals surface area contributed by atoms with E-state index in [-0.39, 0.29) is 18.3 Å². The van der Waals surface area contributed by atoms with Crippen LogP contribution in [0.1, 0.15) is 26.7 Å². The molecule has 2 amide bonds. The van der Waals surface area contributed by atoms with Crippen LogP contribution in [0.15, 0.2) is 71.1 Å². The number of anilines is 1. The van der Waals surface area contributed by atoms with Gasteiger partial charge in [0.15, 0.2) is 5.76 Å². The summed E-state index contributed by atoms with van der Waals surface area (Å²) >= 11 is 0. The highest BCUT2D eigenvalue weighted by Gasteiger charge is 2.14. The number of ether oxygens (including phenoxy) is 1. The Morgan fingerprint density at radius 1 is 1.00 bits per heavy atom. The van der Waals surface area contributed by atoms with Crippen LogP contribution in [0.25, 0.3) is 0 Å². The lowest BCUT2D eigenvalue weighted by Gasteiger charge is -2.11. The van der Waals surface area contributed by atoms with Crippen LogP contribution in [0.4, 0.5) is 5.69 Å². The molecule has 0 aliphatic heterocycles. The van der Waals surface area contributed by atoms with E-state index in [1.54, 1.807) is 50.5 Å². The fourth-order valence-corrected chi connectivity index (χ4v) is 2.43. The van der Waals surface area contributed by atoms with Crippen LogP contribution in [0.5, 0.6) is 5.75 Å². The molecule has 0 fully saturated rings. The van der Waals surface area contributed by atoms with E-state index in [9.17, 15) is 9.59 Å². The normalized spacial score (nSPS) is 10.3. The number of nitrogens with one attached hydrogen (secondary N) is 1. The van der Waals surface area contributed by atoms with Crippen molar-refractivity contribution in [1.29, 1.82) is 0 Å². The third-order valence-electron chi connectivity index (χ3n) is 3.78. The van der Waals surface area contributed by atoms with Crippen LogP contribution < -0.4 is 10.1 Å². The zero-order valence-corrected chi connectivity index (χ0v) is 15.1. The fraction of sp³-hybridized carbons (Fsp3) is 0.143. The molecule has 138 valence electrons. The van der Waals surface area contributed by atoms with Gasteiger partial charge in [0.05, 0.1) is 0 Å². The Morgan fingerprint density at radius 3 is 2.52 bits per heavy atom. The van der Waals surface area contributed by atoms with Crippen molar-refractivity contribution in [3.63, 3.8) is 0 Å². The van der Waals surface area contributed by atoms with Crippen molar-refractivity contribution < 1.29 is 18.7 Å². The van der Waals surface area contributed by atoms with E-state index in [1.165, 1.54) is 4.90 Å². The average molecular weight is 364 g/mol. The molecular formula is C21H20N2O4. The maximum Gasteiger partial charge on any atom is 0.291 e. The summed E-state index contributed by atoms with van der Waals surface area (Å²) in [7, 11) is 3.35. The number of rotatable bonds is 6. The predicted octanol–water partition coefficient (Wildman–Crippen LogP) is 3.81. The zero-order valence-electron chi connectivity index (χ0n) is 15.1. The van der Waals surface area contributed by atoms with E-state index >= 15 is 0 Å². The Bertz CT molecular complexity index is 932. The van der Waals surface area contributed by atoms with E-state index in [0.717, 1.165) is 5.75 Å². The number of hydrogen-bond acceptors (Lipinski definition) is 4. The summed E-state index contributed by atoms with van der Waals surface area (Å²) in [6.07, 6.45) is 0. The number of benzene rings is 2. The Kier molecular flexibility index (Phi) is 5.56. The zero-order chi connectivity index (χ0) is 19.2. The summed E-state index contributed by atoms with van der Waals surface area (Å²) in [5.41, 5.74) is 1.01. The van der Waals surface area contributed by atoms with Crippen molar-refractivity contribution >= 4 is 17.5 Å². The minimum absolute atomic E-state index is 0.135. The Balaban J connectivity index is 1.63. The predicted molar refractivity (Wildman–Crippen MR) is 102 cm³/mol. The maximum absolute atomic E-state index is 12.4. The van der Waals surface area contributed by atoms with Gasteiger partial charge in [-0.1, -0.05) is 24.3 Å². The molecule has 3 rings (SSSR count). The summed E-state index contributed by atoms with van der Waals surface area (Å²) < 4.78 is 11.1. The molecule has 0 aliphatic carbocycles. The van der Waals surface area contributed by atoms with Gasteiger partial charge in [0.1, 0.15) is 18.1 Å². The van der Waals surface area contributed by atoms with Crippen molar-refractivity contribution in [2.24, 2.45) is 0 Å². The number of furan rings is 1. The second-order valence-electron chi connectivity index (χ2n) is 6.10. The van der Waals surface area contributed by atoms with Crippen LogP contribution in [-0.2, 0) is 6.61 Å². The number of carbonyl (C=O) groups excluding carboxylic acids is 2. The second kappa shape index (κ2) is 8.23. The molecule has 0 spiro atoms. The summed E-state index contributed by atoms with van der Waals surface area (Å²) in [5, 5.41) is 2.74. The van der Waals surface area contributed by atoms with Crippen LogP contribution in [0, 0.1) is 0 Å². The molecule has 0 unspecified atom stereocenters. The molecular weight excluding hydrogens is 344 g/mol. The molecule has 27 heavy (non-hydrogen) atoms. The smallest absolute Gasteiger partial charge is 0.291 e. The van der Waals surface area contributed by atoms with Gasteiger partial charge in [-0.15, -0.1) is 0 Å². The summed E-state index contributed by atoms with van der Waals surface area (Å²) in [4.78, 5) is 25.9. The van der Waals surface area contributed by atoms with Crippen molar-refractivity contribution in [3.8, 4) is 5.75 Å². The molecule has 2 aromatic carbocycles. The van der Waals surface area contributed by atoms with E-state index in [1.807, 2.05) is 30.3 Å². The molecule has 6 nitrogen and oxygen atoms in total. The van der Waals surface area contributed by atoms with Crippen molar-refractivity contribution in [1.82, 2.24) is 4.90 Å². The third kappa shape index (κ3) is 4.76. The number of carbonyl (C=O) groups is 2. The topological polar surface area (TPSA) is 71.8 Å². The van der Waals surface area contributed by atoms with Crippen LogP contribution >= 0.6 is 0 Å². The fourth-order valence-electron chi connectivity index (χ4n) is 2.43. The van der Waals surface area contributed by atoms with Gasteiger partial charge in [-0.05, 0) is 42.5 Å². The third-order valence-corrected chi connectivity index (χ3v) is 3.78.